The third-order valence-electron chi connectivity index (χ3n) is 1.84. The molecule has 6 nitrogen and oxygen atoms in total. The summed E-state index contributed by atoms with van der Waals surface area (Å²) in [7, 11) is 5.20. The van der Waals surface area contributed by atoms with E-state index in [1.807, 2.05) is 0 Å². The van der Waals surface area contributed by atoms with Crippen molar-refractivity contribution in [3.05, 3.63) is 12.4 Å². The van der Waals surface area contributed by atoms with Gasteiger partial charge >= 0.3 is 0 Å². The number of nitrogens with one attached hydrogen (secondary N) is 2. The standard InChI is InChI=1S/C9H15N5O/c1-10-7-4-8(13-6-12-7)11-5-9(15)14(2)3/h4,6H,5H2,1-3H3,(H2,10,11,12,13). The Morgan fingerprint density at radius 1 is 1.40 bits per heavy atom. The van der Waals surface area contributed by atoms with Crippen LogP contribution in [0.2, 0.25) is 0 Å². The average Bonchev–Trinajstić information content (AvgIpc) is 2.26. The number of anilines is 2. The number of nitrogens with zero attached hydrogens (tertiary/aromatic N) is 3. The van der Waals surface area contributed by atoms with Gasteiger partial charge in [0.2, 0.25) is 5.91 Å². The van der Waals surface area contributed by atoms with Crippen molar-refractivity contribution >= 4 is 17.5 Å². The first-order valence-electron chi connectivity index (χ1n) is 4.57. The largest absolute Gasteiger partial charge is 0.373 e. The molecule has 1 amide bonds. The van der Waals surface area contributed by atoms with Crippen molar-refractivity contribution in [2.75, 3.05) is 38.3 Å². The summed E-state index contributed by atoms with van der Waals surface area (Å²) in [4.78, 5) is 20.7. The van der Waals surface area contributed by atoms with Crippen molar-refractivity contribution in [3.63, 3.8) is 0 Å². The van der Waals surface area contributed by atoms with E-state index in [-0.39, 0.29) is 12.5 Å². The van der Waals surface area contributed by atoms with Gasteiger partial charge in [-0.2, -0.15) is 0 Å². The van der Waals surface area contributed by atoms with E-state index in [0.717, 1.165) is 0 Å². The van der Waals surface area contributed by atoms with Crippen LogP contribution in [0.15, 0.2) is 12.4 Å². The van der Waals surface area contributed by atoms with Crippen LogP contribution in [0, 0.1) is 0 Å². The van der Waals surface area contributed by atoms with Crippen molar-refractivity contribution in [2.24, 2.45) is 0 Å². The second-order valence-electron chi connectivity index (χ2n) is 3.18. The average molecular weight is 209 g/mol. The van der Waals surface area contributed by atoms with Gasteiger partial charge in [-0.05, 0) is 0 Å². The quantitative estimate of drug-likeness (QED) is 0.731. The lowest BCUT2D eigenvalue weighted by molar-refractivity contribution is -0.126. The van der Waals surface area contributed by atoms with Gasteiger partial charge in [-0.1, -0.05) is 0 Å². The van der Waals surface area contributed by atoms with E-state index in [4.69, 9.17) is 0 Å². The lowest BCUT2D eigenvalue weighted by atomic mass is 10.5. The van der Waals surface area contributed by atoms with Crippen LogP contribution in [0.4, 0.5) is 11.6 Å². The maximum atomic E-state index is 11.3. The van der Waals surface area contributed by atoms with Crippen LogP contribution in [-0.4, -0.2) is 48.5 Å². The van der Waals surface area contributed by atoms with Gasteiger partial charge in [-0.3, -0.25) is 4.79 Å². The molecule has 15 heavy (non-hydrogen) atoms. The second kappa shape index (κ2) is 5.14. The summed E-state index contributed by atoms with van der Waals surface area (Å²) in [6, 6.07) is 1.74. The van der Waals surface area contributed by atoms with Gasteiger partial charge < -0.3 is 15.5 Å². The number of amides is 1. The Morgan fingerprint density at radius 3 is 2.67 bits per heavy atom. The Kier molecular flexibility index (Phi) is 3.84. The number of hydrogen-bond acceptors (Lipinski definition) is 5. The van der Waals surface area contributed by atoms with Crippen molar-refractivity contribution < 1.29 is 4.79 Å². The van der Waals surface area contributed by atoms with E-state index >= 15 is 0 Å². The molecule has 0 unspecified atom stereocenters. The van der Waals surface area contributed by atoms with Crippen LogP contribution in [0.3, 0.4) is 0 Å². The summed E-state index contributed by atoms with van der Waals surface area (Å²) in [6.45, 7) is 0.229. The summed E-state index contributed by atoms with van der Waals surface area (Å²) in [6.07, 6.45) is 1.44. The molecule has 2 N–H and O–H groups in total. The van der Waals surface area contributed by atoms with Gasteiger partial charge in [0, 0.05) is 27.2 Å². The predicted octanol–water partition coefficient (Wildman–Crippen LogP) is 0.0184. The Balaban J connectivity index is 2.54. The molecule has 0 aliphatic carbocycles. The lowest BCUT2D eigenvalue weighted by Gasteiger charge is -2.11. The SMILES string of the molecule is CNc1cc(NCC(=O)N(C)C)ncn1. The number of aromatic nitrogens is 2. The van der Waals surface area contributed by atoms with E-state index in [1.165, 1.54) is 11.2 Å². The number of carbonyl (C=O) groups is 1. The van der Waals surface area contributed by atoms with Gasteiger partial charge in [-0.15, -0.1) is 0 Å². The minimum atomic E-state index is -0.000352. The third-order valence-corrected chi connectivity index (χ3v) is 1.84. The van der Waals surface area contributed by atoms with Crippen molar-refractivity contribution in [1.82, 2.24) is 14.9 Å². The van der Waals surface area contributed by atoms with Gasteiger partial charge in [0.05, 0.1) is 6.54 Å². The molecule has 0 radical (unpaired) electrons. The number of rotatable bonds is 4. The van der Waals surface area contributed by atoms with E-state index in [0.29, 0.717) is 11.6 Å². The van der Waals surface area contributed by atoms with E-state index < -0.39 is 0 Å². The maximum Gasteiger partial charge on any atom is 0.241 e. The molecule has 0 saturated carbocycles. The molecule has 1 heterocycles. The molecule has 82 valence electrons. The molecule has 0 spiro atoms. The van der Waals surface area contributed by atoms with Crippen LogP contribution in [0.25, 0.3) is 0 Å². The Hall–Kier alpha value is -1.85. The zero-order chi connectivity index (χ0) is 11.3. The fourth-order valence-corrected chi connectivity index (χ4v) is 0.915. The molecule has 0 aromatic carbocycles. The van der Waals surface area contributed by atoms with Crippen LogP contribution < -0.4 is 10.6 Å². The monoisotopic (exact) mass is 209 g/mol. The van der Waals surface area contributed by atoms with Gasteiger partial charge in [-0.25, -0.2) is 9.97 Å². The van der Waals surface area contributed by atoms with Crippen molar-refractivity contribution in [1.29, 1.82) is 0 Å². The molecule has 1 aromatic rings. The summed E-state index contributed by atoms with van der Waals surface area (Å²) >= 11 is 0. The highest BCUT2D eigenvalue weighted by Gasteiger charge is 2.03. The summed E-state index contributed by atoms with van der Waals surface area (Å²) in [5.41, 5.74) is 0. The van der Waals surface area contributed by atoms with E-state index in [2.05, 4.69) is 20.6 Å². The minimum absolute atomic E-state index is 0.000352. The lowest BCUT2D eigenvalue weighted by Crippen LogP contribution is -2.28. The molecule has 0 aliphatic heterocycles. The first-order chi connectivity index (χ1) is 7.13. The molecule has 6 heteroatoms. The molecule has 0 bridgehead atoms. The van der Waals surface area contributed by atoms with Crippen molar-refractivity contribution in [2.45, 2.75) is 0 Å². The summed E-state index contributed by atoms with van der Waals surface area (Å²) in [5, 5.41) is 5.81. The highest BCUT2D eigenvalue weighted by Crippen LogP contribution is 2.06. The molecule has 0 saturated heterocycles. The van der Waals surface area contributed by atoms with E-state index in [1.54, 1.807) is 27.2 Å². The van der Waals surface area contributed by atoms with Gasteiger partial charge in [0.15, 0.2) is 0 Å². The topological polar surface area (TPSA) is 70.2 Å². The van der Waals surface area contributed by atoms with Crippen LogP contribution in [0.1, 0.15) is 0 Å². The van der Waals surface area contributed by atoms with Gasteiger partial charge in [0.25, 0.3) is 0 Å². The molecular weight excluding hydrogens is 194 g/mol. The molecule has 0 atom stereocenters. The molecule has 0 fully saturated rings. The smallest absolute Gasteiger partial charge is 0.241 e. The number of likely N-dealkylation sites (N-methyl/N-ethyl adjacent to an activating group) is 1. The Labute approximate surface area is 88.7 Å². The minimum Gasteiger partial charge on any atom is -0.373 e. The van der Waals surface area contributed by atoms with E-state index in [9.17, 15) is 4.79 Å². The first kappa shape index (κ1) is 11.2. The van der Waals surface area contributed by atoms with Crippen LogP contribution in [-0.2, 0) is 4.79 Å². The number of carbonyl (C=O) groups excluding carboxylic acids is 1. The van der Waals surface area contributed by atoms with Crippen LogP contribution >= 0.6 is 0 Å². The molecule has 0 aliphatic rings. The Morgan fingerprint density at radius 2 is 2.07 bits per heavy atom. The highest BCUT2D eigenvalue weighted by atomic mass is 16.2. The highest BCUT2D eigenvalue weighted by molar-refractivity contribution is 5.80. The van der Waals surface area contributed by atoms with Crippen LogP contribution in [0.5, 0.6) is 0 Å². The molecular formula is C9H15N5O. The fourth-order valence-electron chi connectivity index (χ4n) is 0.915. The van der Waals surface area contributed by atoms with Crippen molar-refractivity contribution in [3.8, 4) is 0 Å². The molecule has 1 aromatic heterocycles. The van der Waals surface area contributed by atoms with Gasteiger partial charge in [0.1, 0.15) is 18.0 Å². The Bertz CT molecular complexity index is 339. The summed E-state index contributed by atoms with van der Waals surface area (Å²) in [5.74, 6) is 1.34. The third kappa shape index (κ3) is 3.41. The fraction of sp³-hybridized carbons (Fsp3) is 0.444. The first-order valence-corrected chi connectivity index (χ1v) is 4.57. The zero-order valence-electron chi connectivity index (χ0n) is 9.11. The predicted molar refractivity (Wildman–Crippen MR) is 58.8 cm³/mol. The number of hydrogen-bond donors (Lipinski definition) is 2. The normalized spacial score (nSPS) is 9.53. The summed E-state index contributed by atoms with van der Waals surface area (Å²) < 4.78 is 0. The second-order valence-corrected chi connectivity index (χ2v) is 3.18. The maximum absolute atomic E-state index is 11.3. The zero-order valence-corrected chi connectivity index (χ0v) is 9.11. The molecule has 1 rings (SSSR count).